The van der Waals surface area contributed by atoms with Crippen LogP contribution in [-0.4, -0.2) is 18.1 Å². The Balaban J connectivity index is 3.26. The molecule has 0 bridgehead atoms. The molecule has 7 heteroatoms. The Morgan fingerprint density at radius 1 is 1.40 bits per heavy atom. The van der Waals surface area contributed by atoms with Gasteiger partial charge in [0.1, 0.15) is 0 Å². The summed E-state index contributed by atoms with van der Waals surface area (Å²) in [6.07, 6.45) is 0. The van der Waals surface area contributed by atoms with Crippen molar-refractivity contribution in [1.29, 1.82) is 0 Å². The van der Waals surface area contributed by atoms with E-state index >= 15 is 0 Å². The lowest BCUT2D eigenvalue weighted by Gasteiger charge is -2.05. The van der Waals surface area contributed by atoms with Gasteiger partial charge >= 0.3 is 0 Å². The number of carbonyl (C=O) groups is 1. The number of phenolic OH excluding ortho intramolecular Hbond substituents is 1. The molecule has 0 aliphatic heterocycles. The predicted molar refractivity (Wildman–Crippen MR) is 42.5 cm³/mol. The number of nitrogens with one attached hydrogen (secondary N) is 1. The Morgan fingerprint density at radius 3 is 2.53 bits per heavy atom. The molecule has 0 saturated carbocycles. The van der Waals surface area contributed by atoms with Gasteiger partial charge in [0, 0.05) is 0 Å². The van der Waals surface area contributed by atoms with Crippen LogP contribution in [0.1, 0.15) is 10.4 Å². The molecule has 0 aliphatic rings. The maximum Gasteiger partial charge on any atom is 0.278 e. The minimum atomic E-state index is -1.75. The van der Waals surface area contributed by atoms with E-state index in [1.54, 1.807) is 5.48 Å². The van der Waals surface area contributed by atoms with Crippen LogP contribution in [0, 0.1) is 17.5 Å². The fraction of sp³-hybridized carbons (Fsp3) is 0.125. The zero-order valence-corrected chi connectivity index (χ0v) is 7.47. The van der Waals surface area contributed by atoms with Crippen LogP contribution in [0.4, 0.5) is 13.2 Å². The van der Waals surface area contributed by atoms with Crippen molar-refractivity contribution >= 4 is 5.91 Å². The number of hydrogen-bond acceptors (Lipinski definition) is 3. The lowest BCUT2D eigenvalue weighted by molar-refractivity contribution is 0.0532. The molecule has 82 valence electrons. The Morgan fingerprint density at radius 2 is 2.00 bits per heavy atom. The van der Waals surface area contributed by atoms with Gasteiger partial charge in [-0.3, -0.25) is 9.63 Å². The first-order chi connectivity index (χ1) is 6.99. The van der Waals surface area contributed by atoms with E-state index in [4.69, 9.17) is 5.11 Å². The summed E-state index contributed by atoms with van der Waals surface area (Å²) in [5.41, 5.74) is 0.844. The summed E-state index contributed by atoms with van der Waals surface area (Å²) < 4.78 is 38.3. The first-order valence-electron chi connectivity index (χ1n) is 3.68. The molecule has 0 spiro atoms. The molecule has 0 radical (unpaired) electrons. The lowest BCUT2D eigenvalue weighted by Crippen LogP contribution is -2.23. The molecule has 1 aromatic rings. The minimum absolute atomic E-state index is 0.318. The predicted octanol–water partition coefficient (Wildman–Crippen LogP) is 1.10. The quantitative estimate of drug-likeness (QED) is 0.580. The molecule has 0 atom stereocenters. The molecule has 2 N–H and O–H groups in total. The molecule has 1 amide bonds. The number of phenols is 1. The third kappa shape index (κ3) is 2.01. The fourth-order valence-electron chi connectivity index (χ4n) is 0.903. The smallest absolute Gasteiger partial charge is 0.278 e. The van der Waals surface area contributed by atoms with E-state index in [-0.39, 0.29) is 0 Å². The van der Waals surface area contributed by atoms with E-state index in [1.165, 1.54) is 0 Å². The molecule has 0 saturated heterocycles. The van der Waals surface area contributed by atoms with Crippen molar-refractivity contribution in [3.05, 3.63) is 29.1 Å². The van der Waals surface area contributed by atoms with Crippen LogP contribution in [-0.2, 0) is 4.84 Å². The van der Waals surface area contributed by atoms with E-state index in [0.717, 1.165) is 7.11 Å². The highest BCUT2D eigenvalue weighted by Crippen LogP contribution is 2.25. The Labute approximate surface area is 82.2 Å². The standard InChI is InChI=1S/C8H6F3NO3/c1-15-12-8(14)3-2-4(9)6(11)7(13)5(3)10/h2,13H,1H3,(H,12,14). The first-order valence-corrected chi connectivity index (χ1v) is 3.68. The highest BCUT2D eigenvalue weighted by molar-refractivity contribution is 5.94. The van der Waals surface area contributed by atoms with Crippen LogP contribution in [0.3, 0.4) is 0 Å². The molecule has 0 aromatic heterocycles. The maximum absolute atomic E-state index is 13.0. The Hall–Kier alpha value is -1.76. The Kier molecular flexibility index (Phi) is 3.15. The summed E-state index contributed by atoms with van der Waals surface area (Å²) in [5, 5.41) is 8.77. The second-order valence-corrected chi connectivity index (χ2v) is 2.52. The molecule has 0 fully saturated rings. The Bertz CT molecular complexity index is 409. The SMILES string of the molecule is CONC(=O)c1cc(F)c(F)c(O)c1F. The summed E-state index contributed by atoms with van der Waals surface area (Å²) in [7, 11) is 1.08. The number of hydroxylamine groups is 1. The number of rotatable bonds is 2. The van der Waals surface area contributed by atoms with Crippen LogP contribution in [0.5, 0.6) is 5.75 Å². The molecule has 1 rings (SSSR count). The van der Waals surface area contributed by atoms with Gasteiger partial charge in [0.15, 0.2) is 17.4 Å². The van der Waals surface area contributed by atoms with Gasteiger partial charge in [0.25, 0.3) is 5.91 Å². The van der Waals surface area contributed by atoms with E-state index in [9.17, 15) is 18.0 Å². The van der Waals surface area contributed by atoms with Crippen molar-refractivity contribution in [2.75, 3.05) is 7.11 Å². The van der Waals surface area contributed by atoms with Gasteiger partial charge < -0.3 is 5.11 Å². The topological polar surface area (TPSA) is 58.6 Å². The number of carbonyl (C=O) groups excluding carboxylic acids is 1. The maximum atomic E-state index is 13.0. The minimum Gasteiger partial charge on any atom is -0.503 e. The number of amides is 1. The monoisotopic (exact) mass is 221 g/mol. The van der Waals surface area contributed by atoms with Crippen molar-refractivity contribution < 1.29 is 27.9 Å². The number of aromatic hydroxyl groups is 1. The average Bonchev–Trinajstić information content (AvgIpc) is 2.20. The van der Waals surface area contributed by atoms with Crippen molar-refractivity contribution in [2.45, 2.75) is 0 Å². The molecule has 15 heavy (non-hydrogen) atoms. The number of halogens is 3. The van der Waals surface area contributed by atoms with Crippen molar-refractivity contribution in [2.24, 2.45) is 0 Å². The van der Waals surface area contributed by atoms with Crippen LogP contribution in [0.2, 0.25) is 0 Å². The van der Waals surface area contributed by atoms with Crippen LogP contribution < -0.4 is 5.48 Å². The average molecular weight is 221 g/mol. The van der Waals surface area contributed by atoms with Gasteiger partial charge in [0.2, 0.25) is 5.82 Å². The van der Waals surface area contributed by atoms with E-state index < -0.39 is 34.7 Å². The molecular formula is C8H6F3NO3. The van der Waals surface area contributed by atoms with Crippen molar-refractivity contribution in [3.63, 3.8) is 0 Å². The second-order valence-electron chi connectivity index (χ2n) is 2.52. The second kappa shape index (κ2) is 4.18. The summed E-state index contributed by atoms with van der Waals surface area (Å²) in [6.45, 7) is 0. The summed E-state index contributed by atoms with van der Waals surface area (Å²) >= 11 is 0. The highest BCUT2D eigenvalue weighted by atomic mass is 19.2. The van der Waals surface area contributed by atoms with E-state index in [0.29, 0.717) is 6.07 Å². The molecule has 1 aromatic carbocycles. The summed E-state index contributed by atoms with van der Waals surface area (Å²) in [6, 6.07) is 0.318. The highest BCUT2D eigenvalue weighted by Gasteiger charge is 2.22. The zero-order chi connectivity index (χ0) is 11.6. The normalized spacial score (nSPS) is 10.1. The summed E-state index contributed by atoms with van der Waals surface area (Å²) in [5.74, 6) is -7.51. The fourth-order valence-corrected chi connectivity index (χ4v) is 0.903. The van der Waals surface area contributed by atoms with Crippen LogP contribution >= 0.6 is 0 Å². The van der Waals surface area contributed by atoms with Gasteiger partial charge in [-0.1, -0.05) is 0 Å². The third-order valence-corrected chi connectivity index (χ3v) is 1.57. The van der Waals surface area contributed by atoms with E-state index in [1.807, 2.05) is 0 Å². The summed E-state index contributed by atoms with van der Waals surface area (Å²) in [4.78, 5) is 15.2. The van der Waals surface area contributed by atoms with Gasteiger partial charge in [-0.05, 0) is 6.07 Å². The lowest BCUT2D eigenvalue weighted by atomic mass is 10.1. The van der Waals surface area contributed by atoms with Crippen molar-refractivity contribution in [3.8, 4) is 5.75 Å². The van der Waals surface area contributed by atoms with Gasteiger partial charge in [-0.25, -0.2) is 14.3 Å². The number of benzene rings is 1. The molecule has 0 unspecified atom stereocenters. The first kappa shape index (κ1) is 11.3. The van der Waals surface area contributed by atoms with Crippen LogP contribution in [0.25, 0.3) is 0 Å². The van der Waals surface area contributed by atoms with Crippen LogP contribution in [0.15, 0.2) is 6.07 Å². The number of hydrogen-bond donors (Lipinski definition) is 2. The molecule has 0 aliphatic carbocycles. The van der Waals surface area contributed by atoms with Gasteiger partial charge in [-0.2, -0.15) is 4.39 Å². The molecule has 4 nitrogen and oxygen atoms in total. The van der Waals surface area contributed by atoms with Gasteiger partial charge in [-0.15, -0.1) is 0 Å². The van der Waals surface area contributed by atoms with Crippen molar-refractivity contribution in [1.82, 2.24) is 5.48 Å². The largest absolute Gasteiger partial charge is 0.503 e. The zero-order valence-electron chi connectivity index (χ0n) is 7.47. The molecular weight excluding hydrogens is 215 g/mol. The van der Waals surface area contributed by atoms with E-state index in [2.05, 4.69) is 4.84 Å². The molecule has 0 heterocycles. The third-order valence-electron chi connectivity index (χ3n) is 1.57. The van der Waals surface area contributed by atoms with Gasteiger partial charge in [0.05, 0.1) is 12.7 Å².